The van der Waals surface area contributed by atoms with Gasteiger partial charge >= 0.3 is 0 Å². The minimum Gasteiger partial charge on any atom is -0.231 e. The second-order valence-corrected chi connectivity index (χ2v) is 2.51. The van der Waals surface area contributed by atoms with Crippen LogP contribution in [0.2, 0.25) is 0 Å². The van der Waals surface area contributed by atoms with E-state index in [0.29, 0.717) is 11.2 Å². The first-order valence-corrected chi connectivity index (χ1v) is 3.52. The lowest BCUT2D eigenvalue weighted by molar-refractivity contribution is 0.931. The van der Waals surface area contributed by atoms with Crippen LogP contribution < -0.4 is 0 Å². The third-order valence-electron chi connectivity index (χ3n) is 1.60. The molecule has 0 amide bonds. The molecular weight excluding hydrogens is 152 g/mol. The van der Waals surface area contributed by atoms with E-state index in [1.165, 1.54) is 0 Å². The minimum absolute atomic E-state index is 0.554. The Morgan fingerprint density at radius 1 is 1.58 bits per heavy atom. The van der Waals surface area contributed by atoms with Crippen LogP contribution in [0.15, 0.2) is 18.5 Å². The van der Waals surface area contributed by atoms with Crippen LogP contribution in [0.4, 0.5) is 0 Å². The Labute approximate surface area is 69.1 Å². The molecule has 0 aliphatic heterocycles. The Hall–Kier alpha value is -1.89. The highest BCUT2D eigenvalue weighted by molar-refractivity contribution is 5.54. The summed E-state index contributed by atoms with van der Waals surface area (Å²) in [6.45, 7) is 1.87. The fourth-order valence-electron chi connectivity index (χ4n) is 1.10. The van der Waals surface area contributed by atoms with Crippen molar-refractivity contribution in [2.45, 2.75) is 6.92 Å². The van der Waals surface area contributed by atoms with Crippen LogP contribution in [0.5, 0.6) is 0 Å². The SMILES string of the molecule is Cc1cn2nccc(C#N)c2n1. The van der Waals surface area contributed by atoms with Gasteiger partial charge in [0.2, 0.25) is 0 Å². The van der Waals surface area contributed by atoms with E-state index in [9.17, 15) is 0 Å². The van der Waals surface area contributed by atoms with Gasteiger partial charge in [0.05, 0.1) is 17.5 Å². The van der Waals surface area contributed by atoms with Crippen molar-refractivity contribution in [1.29, 1.82) is 5.26 Å². The number of hydrogen-bond donors (Lipinski definition) is 0. The van der Waals surface area contributed by atoms with Crippen LogP contribution in [-0.2, 0) is 0 Å². The van der Waals surface area contributed by atoms with Crippen molar-refractivity contribution in [2.24, 2.45) is 0 Å². The molecule has 0 spiro atoms. The van der Waals surface area contributed by atoms with E-state index in [1.807, 2.05) is 6.92 Å². The number of aromatic nitrogens is 3. The van der Waals surface area contributed by atoms with E-state index >= 15 is 0 Å². The normalized spacial score (nSPS) is 10.0. The summed E-state index contributed by atoms with van der Waals surface area (Å²) in [5.74, 6) is 0. The van der Waals surface area contributed by atoms with Crippen molar-refractivity contribution in [3.63, 3.8) is 0 Å². The van der Waals surface area contributed by atoms with Gasteiger partial charge in [-0.25, -0.2) is 9.50 Å². The number of hydrogen-bond acceptors (Lipinski definition) is 3. The van der Waals surface area contributed by atoms with Gasteiger partial charge in [0.25, 0.3) is 0 Å². The van der Waals surface area contributed by atoms with E-state index < -0.39 is 0 Å². The van der Waals surface area contributed by atoms with Gasteiger partial charge in [0.1, 0.15) is 6.07 Å². The predicted molar refractivity (Wildman–Crippen MR) is 42.4 cm³/mol. The maximum absolute atomic E-state index is 8.71. The highest BCUT2D eigenvalue weighted by Crippen LogP contribution is 2.06. The Morgan fingerprint density at radius 2 is 2.42 bits per heavy atom. The standard InChI is InChI=1S/C8H6N4/c1-6-5-12-8(11-6)7(4-9)2-3-10-12/h2-3,5H,1H3. The van der Waals surface area contributed by atoms with Crippen LogP contribution >= 0.6 is 0 Å². The monoisotopic (exact) mass is 158 g/mol. The minimum atomic E-state index is 0.554. The highest BCUT2D eigenvalue weighted by atomic mass is 15.2. The number of rotatable bonds is 0. The van der Waals surface area contributed by atoms with E-state index in [-0.39, 0.29) is 0 Å². The number of imidazole rings is 1. The van der Waals surface area contributed by atoms with Gasteiger partial charge in [0.15, 0.2) is 5.65 Å². The van der Waals surface area contributed by atoms with Gasteiger partial charge < -0.3 is 0 Å². The number of fused-ring (bicyclic) bond motifs is 1. The zero-order valence-electron chi connectivity index (χ0n) is 6.52. The molecule has 0 atom stereocenters. The summed E-state index contributed by atoms with van der Waals surface area (Å²) in [7, 11) is 0. The van der Waals surface area contributed by atoms with Crippen LogP contribution in [0, 0.1) is 18.3 Å². The van der Waals surface area contributed by atoms with Gasteiger partial charge in [-0.3, -0.25) is 0 Å². The van der Waals surface area contributed by atoms with E-state index in [1.54, 1.807) is 23.0 Å². The lowest BCUT2D eigenvalue weighted by Crippen LogP contribution is -1.91. The zero-order valence-corrected chi connectivity index (χ0v) is 6.52. The third-order valence-corrected chi connectivity index (χ3v) is 1.60. The van der Waals surface area contributed by atoms with Crippen molar-refractivity contribution in [3.8, 4) is 6.07 Å². The Kier molecular flexibility index (Phi) is 1.31. The Morgan fingerprint density at radius 3 is 3.17 bits per heavy atom. The number of nitrogens with zero attached hydrogens (tertiary/aromatic N) is 4. The summed E-state index contributed by atoms with van der Waals surface area (Å²) in [6.07, 6.45) is 3.38. The molecule has 0 aromatic carbocycles. The van der Waals surface area contributed by atoms with E-state index in [2.05, 4.69) is 16.2 Å². The molecule has 0 saturated carbocycles. The first-order valence-electron chi connectivity index (χ1n) is 3.52. The molecular formula is C8H6N4. The number of aryl methyl sites for hydroxylation is 1. The fraction of sp³-hybridized carbons (Fsp3) is 0.125. The molecule has 2 aromatic heterocycles. The van der Waals surface area contributed by atoms with Crippen molar-refractivity contribution < 1.29 is 0 Å². The average Bonchev–Trinajstić information content (AvgIpc) is 2.44. The molecule has 0 saturated heterocycles. The Bertz CT molecular complexity index is 463. The maximum atomic E-state index is 8.71. The lowest BCUT2D eigenvalue weighted by atomic mass is 10.3. The molecule has 4 nitrogen and oxygen atoms in total. The van der Waals surface area contributed by atoms with Crippen molar-refractivity contribution in [3.05, 3.63) is 29.7 Å². The lowest BCUT2D eigenvalue weighted by Gasteiger charge is -1.90. The van der Waals surface area contributed by atoms with Gasteiger partial charge in [-0.2, -0.15) is 10.4 Å². The maximum Gasteiger partial charge on any atom is 0.171 e. The molecule has 0 aliphatic carbocycles. The van der Waals surface area contributed by atoms with Crippen LogP contribution in [0.25, 0.3) is 5.65 Å². The first-order chi connectivity index (χ1) is 5.81. The summed E-state index contributed by atoms with van der Waals surface area (Å²) in [5, 5.41) is 12.7. The first kappa shape index (κ1) is 6.80. The topological polar surface area (TPSA) is 54.0 Å². The predicted octanol–water partition coefficient (Wildman–Crippen LogP) is 0.909. The molecule has 0 fully saturated rings. The molecule has 4 heteroatoms. The fourth-order valence-corrected chi connectivity index (χ4v) is 1.10. The second-order valence-electron chi connectivity index (χ2n) is 2.51. The summed E-state index contributed by atoms with van der Waals surface area (Å²) in [4.78, 5) is 4.16. The molecule has 0 radical (unpaired) electrons. The van der Waals surface area contributed by atoms with Gasteiger partial charge in [0, 0.05) is 6.20 Å². The highest BCUT2D eigenvalue weighted by Gasteiger charge is 2.02. The summed E-state index contributed by atoms with van der Waals surface area (Å²) in [6, 6.07) is 3.71. The van der Waals surface area contributed by atoms with E-state index in [4.69, 9.17) is 5.26 Å². The van der Waals surface area contributed by atoms with Gasteiger partial charge in [-0.15, -0.1) is 0 Å². The van der Waals surface area contributed by atoms with Crippen LogP contribution in [-0.4, -0.2) is 14.6 Å². The Balaban J connectivity index is 2.89. The third kappa shape index (κ3) is 0.839. The summed E-state index contributed by atoms with van der Waals surface area (Å²) < 4.78 is 1.61. The molecule has 2 aromatic rings. The van der Waals surface area contributed by atoms with Gasteiger partial charge in [-0.05, 0) is 13.0 Å². The average molecular weight is 158 g/mol. The summed E-state index contributed by atoms with van der Waals surface area (Å²) in [5.41, 5.74) is 2.04. The second kappa shape index (κ2) is 2.31. The smallest absolute Gasteiger partial charge is 0.171 e. The van der Waals surface area contributed by atoms with Crippen molar-refractivity contribution >= 4 is 5.65 Å². The van der Waals surface area contributed by atoms with E-state index in [0.717, 1.165) is 5.69 Å². The van der Waals surface area contributed by atoms with Crippen LogP contribution in [0.3, 0.4) is 0 Å². The van der Waals surface area contributed by atoms with Crippen molar-refractivity contribution in [1.82, 2.24) is 14.6 Å². The summed E-state index contributed by atoms with van der Waals surface area (Å²) >= 11 is 0. The molecule has 0 N–H and O–H groups in total. The van der Waals surface area contributed by atoms with Crippen molar-refractivity contribution in [2.75, 3.05) is 0 Å². The molecule has 58 valence electrons. The van der Waals surface area contributed by atoms with Crippen LogP contribution in [0.1, 0.15) is 11.3 Å². The molecule has 2 heterocycles. The number of nitriles is 1. The molecule has 12 heavy (non-hydrogen) atoms. The largest absolute Gasteiger partial charge is 0.231 e. The van der Waals surface area contributed by atoms with Gasteiger partial charge in [-0.1, -0.05) is 0 Å². The molecule has 2 rings (SSSR count). The zero-order chi connectivity index (χ0) is 8.55. The molecule has 0 bridgehead atoms. The quantitative estimate of drug-likeness (QED) is 0.572. The molecule has 0 aliphatic rings. The molecule has 0 unspecified atom stereocenters.